The molecule has 0 N–H and O–H groups in total. The minimum atomic E-state index is -0.564. The third-order valence-electron chi connectivity index (χ3n) is 5.83. The molecule has 4 rings (SSSR count). The predicted molar refractivity (Wildman–Crippen MR) is 133 cm³/mol. The number of likely N-dealkylation sites (N-methyl/N-ethyl adjacent to an activating group) is 1. The maximum absolute atomic E-state index is 13.6. The van der Waals surface area contributed by atoms with Crippen molar-refractivity contribution in [2.45, 2.75) is 20.4 Å². The molecule has 0 unspecified atom stereocenters. The number of oxazole rings is 1. The zero-order valence-corrected chi connectivity index (χ0v) is 20.6. The first-order valence-corrected chi connectivity index (χ1v) is 11.9. The summed E-state index contributed by atoms with van der Waals surface area (Å²) >= 11 is 1.36. The number of methoxy groups -OCH3 is 2. The maximum Gasteiger partial charge on any atom is 0.420 e. The molecular formula is C24H28N4O5S. The zero-order chi connectivity index (χ0) is 24.2. The Kier molecular flexibility index (Phi) is 7.18. The van der Waals surface area contributed by atoms with Gasteiger partial charge in [0, 0.05) is 13.1 Å². The number of para-hydroxylation sites is 2. The van der Waals surface area contributed by atoms with Crippen molar-refractivity contribution < 1.29 is 18.7 Å². The highest BCUT2D eigenvalue weighted by molar-refractivity contribution is 7.22. The highest BCUT2D eigenvalue weighted by Gasteiger charge is 2.24. The Morgan fingerprint density at radius 2 is 1.76 bits per heavy atom. The van der Waals surface area contributed by atoms with Crippen LogP contribution in [0.2, 0.25) is 0 Å². The number of rotatable bonds is 10. The Bertz CT molecular complexity index is 1310. The third kappa shape index (κ3) is 4.51. The number of anilines is 1. The molecule has 2 aromatic carbocycles. The van der Waals surface area contributed by atoms with Crippen molar-refractivity contribution in [1.29, 1.82) is 0 Å². The van der Waals surface area contributed by atoms with Crippen LogP contribution in [-0.2, 0) is 11.3 Å². The van der Waals surface area contributed by atoms with E-state index in [1.165, 1.54) is 15.9 Å². The summed E-state index contributed by atoms with van der Waals surface area (Å²) < 4.78 is 18.5. The summed E-state index contributed by atoms with van der Waals surface area (Å²) in [6.45, 7) is 6.84. The molecule has 10 heteroatoms. The second-order valence-corrected chi connectivity index (χ2v) is 8.62. The van der Waals surface area contributed by atoms with Crippen molar-refractivity contribution >= 4 is 43.7 Å². The first-order chi connectivity index (χ1) is 16.5. The lowest BCUT2D eigenvalue weighted by Gasteiger charge is -2.24. The van der Waals surface area contributed by atoms with Gasteiger partial charge in [0.2, 0.25) is 5.91 Å². The average Bonchev–Trinajstić information content (AvgIpc) is 3.42. The van der Waals surface area contributed by atoms with Crippen LogP contribution in [0, 0.1) is 0 Å². The molecule has 0 atom stereocenters. The number of benzene rings is 2. The van der Waals surface area contributed by atoms with Crippen molar-refractivity contribution in [2.24, 2.45) is 0 Å². The van der Waals surface area contributed by atoms with E-state index in [-0.39, 0.29) is 12.5 Å². The highest BCUT2D eigenvalue weighted by Crippen LogP contribution is 2.40. The number of hydrogen-bond acceptors (Lipinski definition) is 8. The summed E-state index contributed by atoms with van der Waals surface area (Å²) in [7, 11) is 3.18. The molecule has 0 saturated carbocycles. The molecule has 0 fully saturated rings. The quantitative estimate of drug-likeness (QED) is 0.340. The molecule has 0 aliphatic rings. The predicted octanol–water partition coefficient (Wildman–Crippen LogP) is 3.60. The molecule has 9 nitrogen and oxygen atoms in total. The zero-order valence-electron chi connectivity index (χ0n) is 19.7. The van der Waals surface area contributed by atoms with Gasteiger partial charge in [0.1, 0.15) is 28.3 Å². The number of carbonyl (C=O) groups is 1. The topological polar surface area (TPSA) is 90.0 Å². The molecule has 2 aromatic heterocycles. The van der Waals surface area contributed by atoms with Gasteiger partial charge in [0.15, 0.2) is 10.7 Å². The molecule has 34 heavy (non-hydrogen) atoms. The Morgan fingerprint density at radius 1 is 1.06 bits per heavy atom. The molecule has 0 bridgehead atoms. The fourth-order valence-corrected chi connectivity index (χ4v) is 5.00. The number of fused-ring (bicyclic) bond motifs is 2. The molecule has 0 radical (unpaired) electrons. The fraction of sp³-hybridized carbons (Fsp3) is 0.375. The lowest BCUT2D eigenvalue weighted by Crippen LogP contribution is -2.41. The Morgan fingerprint density at radius 3 is 2.47 bits per heavy atom. The van der Waals surface area contributed by atoms with E-state index < -0.39 is 5.76 Å². The second kappa shape index (κ2) is 10.3. The maximum atomic E-state index is 13.6. The molecule has 0 aliphatic heterocycles. The van der Waals surface area contributed by atoms with Gasteiger partial charge in [-0.05, 0) is 37.4 Å². The smallest absolute Gasteiger partial charge is 0.420 e. The molecule has 0 aliphatic carbocycles. The number of thiazole rings is 1. The standard InChI is InChI=1S/C24H28N4O5S/c1-5-26(6-2)13-14-27(20(29)15-28-16-9-7-8-10-17(16)33-24(28)30)23-25-21-18(31-3)11-12-19(32-4)22(21)34-23/h7-12H,5-6,13-15H2,1-4H3. The van der Waals surface area contributed by atoms with E-state index in [1.54, 1.807) is 43.4 Å². The molecule has 1 amide bonds. The van der Waals surface area contributed by atoms with Crippen molar-refractivity contribution in [3.05, 3.63) is 46.9 Å². The summed E-state index contributed by atoms with van der Waals surface area (Å²) in [5.41, 5.74) is 1.66. The largest absolute Gasteiger partial charge is 0.495 e. The number of amides is 1. The van der Waals surface area contributed by atoms with Gasteiger partial charge in [-0.1, -0.05) is 37.3 Å². The fourth-order valence-electron chi connectivity index (χ4n) is 3.88. The van der Waals surface area contributed by atoms with E-state index in [1.807, 2.05) is 12.1 Å². The molecule has 4 aromatic rings. The summed E-state index contributed by atoms with van der Waals surface area (Å²) in [5.74, 6) is 0.447. The van der Waals surface area contributed by atoms with Gasteiger partial charge >= 0.3 is 5.76 Å². The highest BCUT2D eigenvalue weighted by atomic mass is 32.1. The van der Waals surface area contributed by atoms with E-state index in [9.17, 15) is 9.59 Å². The second-order valence-electron chi connectivity index (χ2n) is 7.64. The van der Waals surface area contributed by atoms with Gasteiger partial charge < -0.3 is 18.8 Å². The number of hydrogen-bond donors (Lipinski definition) is 0. The van der Waals surface area contributed by atoms with Crippen LogP contribution in [0.25, 0.3) is 21.3 Å². The van der Waals surface area contributed by atoms with E-state index in [4.69, 9.17) is 18.9 Å². The lowest BCUT2D eigenvalue weighted by molar-refractivity contribution is -0.119. The minimum Gasteiger partial charge on any atom is -0.495 e. The Hall–Kier alpha value is -3.37. The van der Waals surface area contributed by atoms with Crippen LogP contribution >= 0.6 is 11.3 Å². The first-order valence-electron chi connectivity index (χ1n) is 11.1. The first kappa shape index (κ1) is 23.8. The van der Waals surface area contributed by atoms with E-state index >= 15 is 0 Å². The van der Waals surface area contributed by atoms with Crippen molar-refractivity contribution in [1.82, 2.24) is 14.5 Å². The van der Waals surface area contributed by atoms with Crippen LogP contribution in [0.3, 0.4) is 0 Å². The number of carbonyl (C=O) groups excluding carboxylic acids is 1. The summed E-state index contributed by atoms with van der Waals surface area (Å²) in [6.07, 6.45) is 0. The van der Waals surface area contributed by atoms with Crippen molar-refractivity contribution in [3.8, 4) is 11.5 Å². The average molecular weight is 485 g/mol. The van der Waals surface area contributed by atoms with E-state index in [2.05, 4.69) is 18.7 Å². The van der Waals surface area contributed by atoms with Crippen LogP contribution in [0.4, 0.5) is 5.13 Å². The van der Waals surface area contributed by atoms with E-state index in [0.29, 0.717) is 46.3 Å². The summed E-state index contributed by atoms with van der Waals surface area (Å²) in [5, 5.41) is 0.524. The molecule has 2 heterocycles. The van der Waals surface area contributed by atoms with Crippen LogP contribution in [-0.4, -0.2) is 60.8 Å². The van der Waals surface area contributed by atoms with Crippen LogP contribution in [0.15, 0.2) is 45.6 Å². The SMILES string of the molecule is CCN(CC)CCN(C(=O)Cn1c(=O)oc2ccccc21)c1nc2c(OC)ccc(OC)c2s1. The summed E-state index contributed by atoms with van der Waals surface area (Å²) in [4.78, 5) is 34.7. The Labute approximate surface area is 201 Å². The van der Waals surface area contributed by atoms with Crippen LogP contribution in [0.1, 0.15) is 13.8 Å². The van der Waals surface area contributed by atoms with Gasteiger partial charge in [-0.3, -0.25) is 14.3 Å². The van der Waals surface area contributed by atoms with Gasteiger partial charge in [0.25, 0.3) is 0 Å². The lowest BCUT2D eigenvalue weighted by atomic mass is 10.3. The van der Waals surface area contributed by atoms with E-state index in [0.717, 1.165) is 17.8 Å². The van der Waals surface area contributed by atoms with Crippen molar-refractivity contribution in [3.63, 3.8) is 0 Å². The minimum absolute atomic E-state index is 0.154. The van der Waals surface area contributed by atoms with Gasteiger partial charge in [-0.2, -0.15) is 0 Å². The normalized spacial score (nSPS) is 11.4. The Balaban J connectivity index is 1.74. The van der Waals surface area contributed by atoms with Crippen LogP contribution < -0.4 is 20.1 Å². The van der Waals surface area contributed by atoms with Gasteiger partial charge in [-0.25, -0.2) is 9.78 Å². The van der Waals surface area contributed by atoms with Gasteiger partial charge in [-0.15, -0.1) is 0 Å². The molecule has 0 saturated heterocycles. The third-order valence-corrected chi connectivity index (χ3v) is 6.93. The summed E-state index contributed by atoms with van der Waals surface area (Å²) in [6, 6.07) is 10.7. The molecule has 0 spiro atoms. The molecule has 180 valence electrons. The monoisotopic (exact) mass is 484 g/mol. The van der Waals surface area contributed by atoms with Gasteiger partial charge in [0.05, 0.1) is 19.7 Å². The number of ether oxygens (including phenoxy) is 2. The van der Waals surface area contributed by atoms with Crippen LogP contribution in [0.5, 0.6) is 11.5 Å². The molecular weight excluding hydrogens is 456 g/mol. The van der Waals surface area contributed by atoms with Crippen molar-refractivity contribution in [2.75, 3.05) is 45.3 Å². The number of aromatic nitrogens is 2. The number of nitrogens with zero attached hydrogens (tertiary/aromatic N) is 4.